The van der Waals surface area contributed by atoms with Crippen molar-refractivity contribution in [2.24, 2.45) is 5.92 Å². The molecule has 0 aliphatic carbocycles. The predicted octanol–water partition coefficient (Wildman–Crippen LogP) is 2.68. The highest BCUT2D eigenvalue weighted by Gasteiger charge is 2.49. The molecule has 13 nitrogen and oxygen atoms in total. The molecule has 6 N–H and O–H groups in total. The predicted molar refractivity (Wildman–Crippen MR) is 139 cm³/mol. The summed E-state index contributed by atoms with van der Waals surface area (Å²) in [6.07, 6.45) is 1.58. The SMILES string of the molecule is CC(=O)N[C@H]1[C@H](OP(=O)(O)OP(=O)(O)OCCC(C)CCC=C(C)CCC=C(C)C)O[C@H](CO)[C@@H](O)[C@@H]1O. The fraction of sp³-hybridized carbons (Fsp3) is 0.783. The molecule has 0 aromatic rings. The van der Waals surface area contributed by atoms with Gasteiger partial charge in [0, 0.05) is 6.92 Å². The fourth-order valence-electron chi connectivity index (χ4n) is 3.68. The molecule has 0 bridgehead atoms. The van der Waals surface area contributed by atoms with Crippen LogP contribution in [0.2, 0.25) is 0 Å². The lowest BCUT2D eigenvalue weighted by Crippen LogP contribution is -2.64. The van der Waals surface area contributed by atoms with Crippen molar-refractivity contribution >= 4 is 21.6 Å². The fourth-order valence-corrected chi connectivity index (χ4v) is 5.85. The second-order valence-corrected chi connectivity index (χ2v) is 12.7. The molecule has 1 saturated heterocycles. The van der Waals surface area contributed by atoms with E-state index in [1.807, 2.05) is 6.92 Å². The normalized spacial score (nSPS) is 28.2. The first-order valence-corrected chi connectivity index (χ1v) is 15.4. The molecular weight excluding hydrogens is 544 g/mol. The van der Waals surface area contributed by atoms with Crippen molar-refractivity contribution in [3.05, 3.63) is 23.3 Å². The second kappa shape index (κ2) is 16.3. The van der Waals surface area contributed by atoms with E-state index in [2.05, 4.69) is 42.6 Å². The van der Waals surface area contributed by atoms with Gasteiger partial charge in [0.05, 0.1) is 13.2 Å². The molecule has 0 aromatic carbocycles. The molecule has 38 heavy (non-hydrogen) atoms. The zero-order valence-corrected chi connectivity index (χ0v) is 24.3. The summed E-state index contributed by atoms with van der Waals surface area (Å²) in [5.41, 5.74) is 2.57. The van der Waals surface area contributed by atoms with Crippen LogP contribution in [0, 0.1) is 5.92 Å². The van der Waals surface area contributed by atoms with Crippen molar-refractivity contribution in [1.29, 1.82) is 0 Å². The van der Waals surface area contributed by atoms with Crippen LogP contribution in [-0.2, 0) is 32.0 Å². The number of carbonyl (C=O) groups is 1. The lowest BCUT2D eigenvalue weighted by Gasteiger charge is -2.42. The Morgan fingerprint density at radius 2 is 1.68 bits per heavy atom. The van der Waals surface area contributed by atoms with Gasteiger partial charge in [0.1, 0.15) is 24.4 Å². The van der Waals surface area contributed by atoms with Crippen molar-refractivity contribution in [3.8, 4) is 0 Å². The zero-order valence-electron chi connectivity index (χ0n) is 22.6. The van der Waals surface area contributed by atoms with E-state index in [4.69, 9.17) is 13.8 Å². The summed E-state index contributed by atoms with van der Waals surface area (Å²) in [7, 11) is -10.4. The number of ether oxygens (including phenoxy) is 1. The first-order valence-electron chi connectivity index (χ1n) is 12.4. The molecule has 8 atom stereocenters. The minimum atomic E-state index is -5.36. The van der Waals surface area contributed by atoms with Gasteiger partial charge in [-0.15, -0.1) is 0 Å². The van der Waals surface area contributed by atoms with Gasteiger partial charge in [-0.3, -0.25) is 13.8 Å². The maximum absolute atomic E-state index is 12.4. The topological polar surface area (TPSA) is 201 Å². The Balaban J connectivity index is 2.59. The van der Waals surface area contributed by atoms with Crippen LogP contribution in [0.3, 0.4) is 0 Å². The Morgan fingerprint density at radius 3 is 2.26 bits per heavy atom. The van der Waals surface area contributed by atoms with Crippen molar-refractivity contribution in [2.75, 3.05) is 13.2 Å². The Morgan fingerprint density at radius 1 is 1.03 bits per heavy atom. The summed E-state index contributed by atoms with van der Waals surface area (Å²) in [5.74, 6) is -0.569. The molecule has 0 spiro atoms. The molecule has 1 amide bonds. The average molecular weight is 588 g/mol. The van der Waals surface area contributed by atoms with Crippen LogP contribution < -0.4 is 5.32 Å². The van der Waals surface area contributed by atoms with E-state index in [1.165, 1.54) is 11.1 Å². The van der Waals surface area contributed by atoms with Gasteiger partial charge in [0.15, 0.2) is 6.29 Å². The third-order valence-corrected chi connectivity index (χ3v) is 8.44. The molecule has 3 unspecified atom stereocenters. The van der Waals surface area contributed by atoms with E-state index < -0.39 is 58.8 Å². The van der Waals surface area contributed by atoms with E-state index in [1.54, 1.807) is 0 Å². The third kappa shape index (κ3) is 13.4. The van der Waals surface area contributed by atoms with Crippen molar-refractivity contribution in [1.82, 2.24) is 5.32 Å². The highest BCUT2D eigenvalue weighted by Crippen LogP contribution is 2.61. The Labute approximate surface area is 224 Å². The summed E-state index contributed by atoms with van der Waals surface area (Å²) in [4.78, 5) is 31.4. The molecule has 1 heterocycles. The molecule has 1 aliphatic rings. The van der Waals surface area contributed by atoms with Crippen LogP contribution in [-0.4, -0.2) is 74.9 Å². The highest BCUT2D eigenvalue weighted by atomic mass is 31.3. The average Bonchev–Trinajstić information content (AvgIpc) is 2.77. The second-order valence-electron chi connectivity index (χ2n) is 9.73. The van der Waals surface area contributed by atoms with Gasteiger partial charge in [-0.2, -0.15) is 4.31 Å². The molecule has 1 aliphatic heterocycles. The quantitative estimate of drug-likeness (QED) is 0.114. The van der Waals surface area contributed by atoms with Gasteiger partial charge in [0.25, 0.3) is 0 Å². The summed E-state index contributed by atoms with van der Waals surface area (Å²) in [5, 5.41) is 31.7. The number of aliphatic hydroxyl groups is 3. The number of aliphatic hydroxyl groups excluding tert-OH is 3. The van der Waals surface area contributed by atoms with Gasteiger partial charge in [-0.25, -0.2) is 9.13 Å². The van der Waals surface area contributed by atoms with Crippen molar-refractivity contribution in [3.63, 3.8) is 0 Å². The Hall–Kier alpha value is -0.950. The molecular formula is C23H43NO12P2. The van der Waals surface area contributed by atoms with Crippen LogP contribution in [0.5, 0.6) is 0 Å². The number of phosphoric ester groups is 2. The van der Waals surface area contributed by atoms with Gasteiger partial charge >= 0.3 is 15.6 Å². The number of carbonyl (C=O) groups excluding carboxylic acids is 1. The Bertz CT molecular complexity index is 907. The number of nitrogens with one attached hydrogen (secondary N) is 1. The van der Waals surface area contributed by atoms with E-state index >= 15 is 0 Å². The van der Waals surface area contributed by atoms with Gasteiger partial charge in [0.2, 0.25) is 5.91 Å². The monoisotopic (exact) mass is 587 g/mol. The molecule has 222 valence electrons. The van der Waals surface area contributed by atoms with E-state index in [0.717, 1.165) is 32.6 Å². The minimum Gasteiger partial charge on any atom is -0.394 e. The van der Waals surface area contributed by atoms with Gasteiger partial charge in [-0.05, 0) is 58.8 Å². The molecule has 1 rings (SSSR count). The number of hydrogen-bond acceptors (Lipinski definition) is 10. The van der Waals surface area contributed by atoms with E-state index in [9.17, 15) is 39.0 Å². The van der Waals surface area contributed by atoms with Crippen LogP contribution >= 0.6 is 15.6 Å². The smallest absolute Gasteiger partial charge is 0.394 e. The molecule has 0 saturated carbocycles. The van der Waals surface area contributed by atoms with Crippen molar-refractivity contribution in [2.45, 2.75) is 97.4 Å². The third-order valence-electron chi connectivity index (χ3n) is 5.80. The highest BCUT2D eigenvalue weighted by molar-refractivity contribution is 7.61. The lowest BCUT2D eigenvalue weighted by molar-refractivity contribution is -0.247. The number of amides is 1. The molecule has 0 aromatic heterocycles. The first kappa shape index (κ1) is 35.1. The maximum atomic E-state index is 12.4. The van der Waals surface area contributed by atoms with Crippen LogP contribution in [0.15, 0.2) is 23.3 Å². The molecule has 1 fully saturated rings. The van der Waals surface area contributed by atoms with E-state index in [-0.39, 0.29) is 12.5 Å². The minimum absolute atomic E-state index is 0.131. The first-order chi connectivity index (χ1) is 17.6. The lowest BCUT2D eigenvalue weighted by atomic mass is 9.97. The number of phosphoric acid groups is 2. The van der Waals surface area contributed by atoms with Gasteiger partial charge in [-0.1, -0.05) is 30.2 Å². The van der Waals surface area contributed by atoms with Crippen LogP contribution in [0.1, 0.15) is 66.7 Å². The Kier molecular flexibility index (Phi) is 15.1. The summed E-state index contributed by atoms with van der Waals surface area (Å²) < 4.78 is 43.7. The summed E-state index contributed by atoms with van der Waals surface area (Å²) in [6.45, 7) is 8.18. The van der Waals surface area contributed by atoms with Crippen LogP contribution in [0.4, 0.5) is 0 Å². The number of allylic oxidation sites excluding steroid dienone is 4. The number of rotatable bonds is 16. The zero-order chi connectivity index (χ0) is 29.1. The van der Waals surface area contributed by atoms with E-state index in [0.29, 0.717) is 6.42 Å². The van der Waals surface area contributed by atoms with Crippen molar-refractivity contribution < 1.29 is 57.1 Å². The number of hydrogen-bond donors (Lipinski definition) is 6. The molecule has 15 heteroatoms. The summed E-state index contributed by atoms with van der Waals surface area (Å²) >= 11 is 0. The summed E-state index contributed by atoms with van der Waals surface area (Å²) in [6, 6.07) is -1.56. The standard InChI is InChI=1S/C23H43NO12P2/c1-15(2)8-6-9-16(3)10-7-11-17(4)12-13-33-37(29,30)36-38(31,32)35-23-20(24-18(5)26)22(28)21(27)19(14-25)34-23/h8,10,17,19-23,25,27-28H,6-7,9,11-14H2,1-5H3,(H,24,26)(H,29,30)(H,31,32)/t17?,19-,20-,21-,22-,23+/m1/s1. The van der Waals surface area contributed by atoms with Gasteiger partial charge < -0.3 is 35.2 Å². The largest absolute Gasteiger partial charge is 0.483 e. The maximum Gasteiger partial charge on any atom is 0.483 e. The van der Waals surface area contributed by atoms with Crippen LogP contribution in [0.25, 0.3) is 0 Å². The molecule has 0 radical (unpaired) electrons.